The Kier molecular flexibility index (Phi) is 5.84. The van der Waals surface area contributed by atoms with Gasteiger partial charge in [0.1, 0.15) is 0 Å². The van der Waals surface area contributed by atoms with Crippen LogP contribution in [0, 0.1) is 18.8 Å². The molecule has 2 aromatic carbocycles. The number of rotatable bonds is 6. The molecule has 1 atom stereocenters. The Bertz CT molecular complexity index is 1070. The molecular formula is C24H26N4O3. The first-order chi connectivity index (χ1) is 14.9. The third-order valence-corrected chi connectivity index (χ3v) is 5.31. The molecule has 1 aliphatic heterocycles. The second-order valence-electron chi connectivity index (χ2n) is 8.45. The van der Waals surface area contributed by atoms with Crippen LogP contribution in [0.4, 0.5) is 5.69 Å². The van der Waals surface area contributed by atoms with E-state index in [4.69, 9.17) is 4.52 Å². The lowest BCUT2D eigenvalue weighted by Crippen LogP contribution is -2.31. The van der Waals surface area contributed by atoms with Gasteiger partial charge in [-0.3, -0.25) is 9.59 Å². The zero-order valence-corrected chi connectivity index (χ0v) is 18.0. The highest BCUT2D eigenvalue weighted by Gasteiger charge is 2.34. The largest absolute Gasteiger partial charge is 0.342 e. The summed E-state index contributed by atoms with van der Waals surface area (Å²) in [7, 11) is 0. The first kappa shape index (κ1) is 20.8. The third kappa shape index (κ3) is 4.82. The van der Waals surface area contributed by atoms with Crippen molar-refractivity contribution >= 4 is 17.5 Å². The lowest BCUT2D eigenvalue weighted by molar-refractivity contribution is -0.128. The van der Waals surface area contributed by atoms with E-state index in [0.717, 1.165) is 11.1 Å². The van der Waals surface area contributed by atoms with E-state index in [0.29, 0.717) is 36.4 Å². The molecule has 1 saturated heterocycles. The summed E-state index contributed by atoms with van der Waals surface area (Å²) in [6.07, 6.45) is 0.264. The van der Waals surface area contributed by atoms with E-state index in [1.807, 2.05) is 43.3 Å². The molecule has 7 nitrogen and oxygen atoms in total. The minimum atomic E-state index is -0.320. The van der Waals surface area contributed by atoms with Crippen LogP contribution in [-0.4, -0.2) is 39.9 Å². The molecule has 0 spiro atoms. The highest BCUT2D eigenvalue weighted by molar-refractivity contribution is 5.97. The Morgan fingerprint density at radius 3 is 2.48 bits per heavy atom. The summed E-state index contributed by atoms with van der Waals surface area (Å²) in [5, 5.41) is 6.97. The minimum absolute atomic E-state index is 0.0463. The van der Waals surface area contributed by atoms with Gasteiger partial charge in [-0.15, -0.1) is 0 Å². The second kappa shape index (κ2) is 8.71. The number of carbonyl (C=O) groups is 2. The first-order valence-corrected chi connectivity index (χ1v) is 10.5. The van der Waals surface area contributed by atoms with Crippen molar-refractivity contribution < 1.29 is 14.1 Å². The maximum absolute atomic E-state index is 12.6. The van der Waals surface area contributed by atoms with Crippen LogP contribution in [0.3, 0.4) is 0 Å². The number of hydrogen-bond donors (Lipinski definition) is 1. The molecule has 160 valence electrons. The fourth-order valence-corrected chi connectivity index (χ4v) is 3.67. The van der Waals surface area contributed by atoms with E-state index in [1.165, 1.54) is 5.56 Å². The number of anilines is 1. The minimum Gasteiger partial charge on any atom is -0.342 e. The molecule has 1 N–H and O–H groups in total. The van der Waals surface area contributed by atoms with Gasteiger partial charge in [-0.25, -0.2) is 0 Å². The lowest BCUT2D eigenvalue weighted by Gasteiger charge is -2.18. The summed E-state index contributed by atoms with van der Waals surface area (Å²) in [5.41, 5.74) is 3.49. The van der Waals surface area contributed by atoms with Crippen molar-refractivity contribution in [1.29, 1.82) is 0 Å². The summed E-state index contributed by atoms with van der Waals surface area (Å²) in [6.45, 7) is 7.32. The van der Waals surface area contributed by atoms with Gasteiger partial charge in [0.05, 0.1) is 5.92 Å². The van der Waals surface area contributed by atoms with Crippen molar-refractivity contribution in [1.82, 2.24) is 15.0 Å². The quantitative estimate of drug-likeness (QED) is 0.649. The highest BCUT2D eigenvalue weighted by Crippen LogP contribution is 2.25. The Balaban J connectivity index is 1.39. The molecule has 1 fully saturated rings. The van der Waals surface area contributed by atoms with E-state index in [2.05, 4.69) is 29.3 Å². The molecule has 7 heteroatoms. The van der Waals surface area contributed by atoms with Gasteiger partial charge >= 0.3 is 0 Å². The van der Waals surface area contributed by atoms with E-state index in [9.17, 15) is 9.59 Å². The predicted molar refractivity (Wildman–Crippen MR) is 118 cm³/mol. The van der Waals surface area contributed by atoms with Crippen LogP contribution < -0.4 is 5.32 Å². The molecule has 0 saturated carbocycles. The van der Waals surface area contributed by atoms with Crippen molar-refractivity contribution in [3.05, 3.63) is 54.1 Å². The van der Waals surface area contributed by atoms with E-state index >= 15 is 0 Å². The van der Waals surface area contributed by atoms with Gasteiger partial charge in [-0.2, -0.15) is 4.98 Å². The van der Waals surface area contributed by atoms with Crippen molar-refractivity contribution in [3.8, 4) is 22.8 Å². The van der Waals surface area contributed by atoms with Crippen LogP contribution in [0.1, 0.15) is 25.8 Å². The molecular weight excluding hydrogens is 392 g/mol. The molecule has 2 amide bonds. The number of hydrogen-bond acceptors (Lipinski definition) is 5. The van der Waals surface area contributed by atoms with E-state index in [1.54, 1.807) is 17.0 Å². The predicted octanol–water partition coefficient (Wildman–Crippen LogP) is 4.16. The average Bonchev–Trinajstić information content (AvgIpc) is 3.36. The molecule has 4 rings (SSSR count). The van der Waals surface area contributed by atoms with Gasteiger partial charge in [-0.1, -0.05) is 48.8 Å². The molecule has 0 aliphatic carbocycles. The van der Waals surface area contributed by atoms with Crippen molar-refractivity contribution in [3.63, 3.8) is 0 Å². The summed E-state index contributed by atoms with van der Waals surface area (Å²) in [4.78, 5) is 31.0. The normalized spacial score (nSPS) is 16.2. The Morgan fingerprint density at radius 1 is 1.13 bits per heavy atom. The highest BCUT2D eigenvalue weighted by atomic mass is 16.5. The monoisotopic (exact) mass is 418 g/mol. The third-order valence-electron chi connectivity index (χ3n) is 5.31. The zero-order valence-electron chi connectivity index (χ0n) is 18.0. The molecule has 0 radical (unpaired) electrons. The maximum Gasteiger partial charge on any atom is 0.258 e. The molecule has 3 aromatic rings. The maximum atomic E-state index is 12.6. The van der Waals surface area contributed by atoms with Gasteiger partial charge in [0.25, 0.3) is 5.89 Å². The zero-order chi connectivity index (χ0) is 22.0. The number of nitrogens with one attached hydrogen (secondary N) is 1. The van der Waals surface area contributed by atoms with E-state index < -0.39 is 0 Å². The second-order valence-corrected chi connectivity index (χ2v) is 8.45. The summed E-state index contributed by atoms with van der Waals surface area (Å²) >= 11 is 0. The van der Waals surface area contributed by atoms with E-state index in [-0.39, 0.29) is 24.2 Å². The SMILES string of the molecule is Cc1ccc(-c2noc(-c3ccc(NC(=O)C4CC(=O)N(CC(C)C)C4)cc3)n2)cc1. The van der Waals surface area contributed by atoms with Crippen LogP contribution in [0.5, 0.6) is 0 Å². The fourth-order valence-electron chi connectivity index (χ4n) is 3.67. The average molecular weight is 418 g/mol. The number of aryl methyl sites for hydroxylation is 1. The number of likely N-dealkylation sites (tertiary alicyclic amines) is 1. The fraction of sp³-hybridized carbons (Fsp3) is 0.333. The molecule has 1 aromatic heterocycles. The number of carbonyl (C=O) groups excluding carboxylic acids is 2. The molecule has 0 bridgehead atoms. The van der Waals surface area contributed by atoms with Gasteiger partial charge in [-0.05, 0) is 37.1 Å². The van der Waals surface area contributed by atoms with Crippen molar-refractivity contribution in [2.75, 3.05) is 18.4 Å². The first-order valence-electron chi connectivity index (χ1n) is 10.5. The number of aromatic nitrogens is 2. The Morgan fingerprint density at radius 2 is 1.81 bits per heavy atom. The van der Waals surface area contributed by atoms with Crippen molar-refractivity contribution in [2.24, 2.45) is 11.8 Å². The standard InChI is InChI=1S/C24H26N4O3/c1-15(2)13-28-14-19(12-21(28)29)23(30)25-20-10-8-18(9-11-20)24-26-22(27-31-24)17-6-4-16(3)5-7-17/h4-11,15,19H,12-14H2,1-3H3,(H,25,30). The van der Waals surface area contributed by atoms with Gasteiger partial charge in [0.15, 0.2) is 0 Å². The van der Waals surface area contributed by atoms with Crippen LogP contribution in [-0.2, 0) is 9.59 Å². The summed E-state index contributed by atoms with van der Waals surface area (Å²) in [5.74, 6) is 0.925. The van der Waals surface area contributed by atoms with Crippen LogP contribution in [0.2, 0.25) is 0 Å². The topological polar surface area (TPSA) is 88.3 Å². The van der Waals surface area contributed by atoms with Crippen LogP contribution >= 0.6 is 0 Å². The summed E-state index contributed by atoms with van der Waals surface area (Å²) in [6, 6.07) is 15.2. The Labute approximate surface area is 181 Å². The lowest BCUT2D eigenvalue weighted by atomic mass is 10.1. The number of amides is 2. The molecule has 2 heterocycles. The van der Waals surface area contributed by atoms with Crippen LogP contribution in [0.25, 0.3) is 22.8 Å². The molecule has 31 heavy (non-hydrogen) atoms. The van der Waals surface area contributed by atoms with Gasteiger partial charge in [0.2, 0.25) is 17.6 Å². The number of benzene rings is 2. The summed E-state index contributed by atoms with van der Waals surface area (Å²) < 4.78 is 5.40. The van der Waals surface area contributed by atoms with Gasteiger partial charge in [0, 0.05) is 36.3 Å². The Hall–Kier alpha value is -3.48. The van der Waals surface area contributed by atoms with Crippen LogP contribution in [0.15, 0.2) is 53.1 Å². The van der Waals surface area contributed by atoms with Crippen molar-refractivity contribution in [2.45, 2.75) is 27.2 Å². The van der Waals surface area contributed by atoms with Gasteiger partial charge < -0.3 is 14.7 Å². The molecule has 1 aliphatic rings. The number of nitrogens with zero attached hydrogens (tertiary/aromatic N) is 3. The smallest absolute Gasteiger partial charge is 0.258 e. The molecule has 1 unspecified atom stereocenters.